The summed E-state index contributed by atoms with van der Waals surface area (Å²) in [5, 5.41) is 2.33. The van der Waals surface area contributed by atoms with Crippen molar-refractivity contribution in [1.82, 2.24) is 4.31 Å². The third kappa shape index (κ3) is 5.55. The molecule has 0 atom stereocenters. The van der Waals surface area contributed by atoms with Gasteiger partial charge in [0, 0.05) is 11.6 Å². The lowest BCUT2D eigenvalue weighted by molar-refractivity contribution is -0.139. The summed E-state index contributed by atoms with van der Waals surface area (Å²) in [6, 6.07) is 6.77. The molecule has 12 heteroatoms. The Morgan fingerprint density at radius 1 is 1.10 bits per heavy atom. The topological polar surface area (TPSA) is 66.5 Å². The first kappa shape index (κ1) is 23.8. The highest BCUT2D eigenvalue weighted by Gasteiger charge is 2.39. The van der Waals surface area contributed by atoms with Gasteiger partial charge in [0.2, 0.25) is 15.9 Å². The first-order chi connectivity index (χ1) is 13.4. The second-order valence-corrected chi connectivity index (χ2v) is 8.87. The van der Waals surface area contributed by atoms with E-state index in [4.69, 9.17) is 34.8 Å². The predicted molar refractivity (Wildman–Crippen MR) is 106 cm³/mol. The molecule has 0 radical (unpaired) electrons. The number of anilines is 1. The second-order valence-electron chi connectivity index (χ2n) is 5.71. The van der Waals surface area contributed by atoms with Gasteiger partial charge in [-0.05, 0) is 30.3 Å². The molecular weight excluding hydrogens is 476 g/mol. The molecule has 1 N–H and O–H groups in total. The quantitative estimate of drug-likeness (QED) is 0.598. The minimum Gasteiger partial charge on any atom is -0.322 e. The van der Waals surface area contributed by atoms with Gasteiger partial charge in [0.1, 0.15) is 0 Å². The van der Waals surface area contributed by atoms with Crippen molar-refractivity contribution in [3.8, 4) is 0 Å². The summed E-state index contributed by atoms with van der Waals surface area (Å²) < 4.78 is 66.2. The molecule has 158 valence electrons. The second kappa shape index (κ2) is 9.09. The lowest BCUT2D eigenvalue weighted by Crippen LogP contribution is -2.38. The van der Waals surface area contributed by atoms with E-state index >= 15 is 0 Å². The van der Waals surface area contributed by atoms with Crippen LogP contribution in [0.4, 0.5) is 18.9 Å². The van der Waals surface area contributed by atoms with Crippen LogP contribution in [-0.4, -0.2) is 31.7 Å². The zero-order chi connectivity index (χ0) is 22.0. The molecular formula is C17H14Cl3F3N2O3S. The maximum atomic E-state index is 13.3. The highest BCUT2D eigenvalue weighted by atomic mass is 35.5. The number of benzene rings is 2. The number of carbonyl (C=O) groups is 1. The first-order valence-electron chi connectivity index (χ1n) is 7.98. The molecule has 0 spiro atoms. The van der Waals surface area contributed by atoms with Crippen molar-refractivity contribution < 1.29 is 26.4 Å². The van der Waals surface area contributed by atoms with Crippen molar-refractivity contribution in [1.29, 1.82) is 0 Å². The van der Waals surface area contributed by atoms with Crippen LogP contribution in [0.15, 0.2) is 41.3 Å². The van der Waals surface area contributed by atoms with Gasteiger partial charge in [0.05, 0.1) is 32.7 Å². The molecule has 29 heavy (non-hydrogen) atoms. The zero-order valence-electron chi connectivity index (χ0n) is 14.7. The number of likely N-dealkylation sites (N-methyl/N-ethyl adjacent to an activating group) is 1. The van der Waals surface area contributed by atoms with Gasteiger partial charge in [-0.1, -0.05) is 47.8 Å². The average molecular weight is 490 g/mol. The summed E-state index contributed by atoms with van der Waals surface area (Å²) in [7, 11) is -4.66. The highest BCUT2D eigenvalue weighted by Crippen LogP contribution is 2.37. The average Bonchev–Trinajstić information content (AvgIpc) is 2.61. The Kier molecular flexibility index (Phi) is 7.45. The zero-order valence-corrected chi connectivity index (χ0v) is 17.8. The number of nitrogens with one attached hydrogen (secondary N) is 1. The van der Waals surface area contributed by atoms with Gasteiger partial charge in [-0.15, -0.1) is 0 Å². The Bertz CT molecular complexity index is 1010. The van der Waals surface area contributed by atoms with E-state index in [0.717, 1.165) is 12.1 Å². The molecule has 0 heterocycles. The van der Waals surface area contributed by atoms with Gasteiger partial charge in [-0.25, -0.2) is 8.42 Å². The van der Waals surface area contributed by atoms with Crippen molar-refractivity contribution >= 4 is 56.4 Å². The number of hydrogen-bond acceptors (Lipinski definition) is 3. The first-order valence-corrected chi connectivity index (χ1v) is 10.6. The Hall–Kier alpha value is -1.52. The van der Waals surface area contributed by atoms with Crippen LogP contribution >= 0.6 is 34.8 Å². The molecule has 0 aliphatic carbocycles. The van der Waals surface area contributed by atoms with Crippen LogP contribution in [0.3, 0.4) is 0 Å². The monoisotopic (exact) mass is 488 g/mol. The highest BCUT2D eigenvalue weighted by molar-refractivity contribution is 7.89. The molecule has 0 aliphatic rings. The van der Waals surface area contributed by atoms with E-state index in [1.165, 1.54) is 19.1 Å². The van der Waals surface area contributed by atoms with Crippen LogP contribution in [-0.2, 0) is 21.0 Å². The molecule has 1 amide bonds. The summed E-state index contributed by atoms with van der Waals surface area (Å²) in [6.07, 6.45) is -4.96. The summed E-state index contributed by atoms with van der Waals surface area (Å²) in [5.41, 5.74) is -1.35. The summed E-state index contributed by atoms with van der Waals surface area (Å²) in [6.45, 7) is 0.378. The van der Waals surface area contributed by atoms with E-state index in [-0.39, 0.29) is 27.3 Å². The van der Waals surface area contributed by atoms with Crippen molar-refractivity contribution in [3.05, 3.63) is 57.0 Å². The van der Waals surface area contributed by atoms with E-state index in [2.05, 4.69) is 5.32 Å². The van der Waals surface area contributed by atoms with Gasteiger partial charge in [0.25, 0.3) is 0 Å². The number of amides is 1. The minimum absolute atomic E-state index is 0.0664. The molecule has 0 aromatic heterocycles. The Morgan fingerprint density at radius 3 is 2.21 bits per heavy atom. The van der Waals surface area contributed by atoms with E-state index in [0.29, 0.717) is 10.4 Å². The molecule has 0 saturated carbocycles. The van der Waals surface area contributed by atoms with Crippen molar-refractivity contribution in [3.63, 3.8) is 0 Å². The molecule has 5 nitrogen and oxygen atoms in total. The van der Waals surface area contributed by atoms with Crippen molar-refractivity contribution in [2.45, 2.75) is 18.0 Å². The Balaban J connectivity index is 2.35. The van der Waals surface area contributed by atoms with Gasteiger partial charge in [0.15, 0.2) is 0 Å². The van der Waals surface area contributed by atoms with Crippen molar-refractivity contribution in [2.75, 3.05) is 18.4 Å². The number of para-hydroxylation sites is 1. The van der Waals surface area contributed by atoms with Gasteiger partial charge in [-0.2, -0.15) is 17.5 Å². The molecule has 0 unspecified atom stereocenters. The molecule has 2 aromatic carbocycles. The number of sulfonamides is 1. The van der Waals surface area contributed by atoms with Crippen LogP contribution in [0.1, 0.15) is 12.5 Å². The van der Waals surface area contributed by atoms with Crippen LogP contribution in [0.25, 0.3) is 0 Å². The van der Waals surface area contributed by atoms with Crippen LogP contribution < -0.4 is 5.32 Å². The Labute approximate surface area is 180 Å². The van der Waals surface area contributed by atoms with E-state index in [9.17, 15) is 26.4 Å². The summed E-state index contributed by atoms with van der Waals surface area (Å²) in [4.78, 5) is 11.3. The SMILES string of the molecule is CCN(CC(=O)Nc1c(Cl)cccc1Cl)S(=O)(=O)c1ccc(Cl)cc1C(F)(F)F. The van der Waals surface area contributed by atoms with Gasteiger partial charge >= 0.3 is 6.18 Å². The van der Waals surface area contributed by atoms with E-state index < -0.39 is 39.1 Å². The van der Waals surface area contributed by atoms with Gasteiger partial charge in [-0.3, -0.25) is 4.79 Å². The molecule has 2 rings (SSSR count). The Morgan fingerprint density at radius 2 is 1.69 bits per heavy atom. The van der Waals surface area contributed by atoms with E-state index in [1.54, 1.807) is 6.07 Å². The molecule has 0 fully saturated rings. The fourth-order valence-corrected chi connectivity index (χ4v) is 4.67. The molecule has 0 bridgehead atoms. The maximum absolute atomic E-state index is 13.3. The predicted octanol–water partition coefficient (Wildman–Crippen LogP) is 5.31. The number of carbonyl (C=O) groups excluding carboxylic acids is 1. The molecule has 0 saturated heterocycles. The third-order valence-corrected chi connectivity index (χ3v) is 6.61. The lowest BCUT2D eigenvalue weighted by Gasteiger charge is -2.22. The van der Waals surface area contributed by atoms with Crippen LogP contribution in [0, 0.1) is 0 Å². The summed E-state index contributed by atoms with van der Waals surface area (Å²) in [5.74, 6) is -0.826. The lowest BCUT2D eigenvalue weighted by atomic mass is 10.2. The minimum atomic E-state index is -4.96. The largest absolute Gasteiger partial charge is 0.417 e. The third-order valence-electron chi connectivity index (χ3n) is 3.76. The number of halogens is 6. The number of rotatable bonds is 6. The fourth-order valence-electron chi connectivity index (χ4n) is 2.41. The van der Waals surface area contributed by atoms with Crippen LogP contribution in [0.5, 0.6) is 0 Å². The van der Waals surface area contributed by atoms with Gasteiger partial charge < -0.3 is 5.32 Å². The number of nitrogens with zero attached hydrogens (tertiary/aromatic N) is 1. The maximum Gasteiger partial charge on any atom is 0.417 e. The smallest absolute Gasteiger partial charge is 0.322 e. The number of alkyl halides is 3. The standard InChI is InChI=1S/C17H14Cl3F3N2O3S/c1-2-25(9-15(26)24-16-12(19)4-3-5-13(16)20)29(27,28)14-7-6-10(18)8-11(14)17(21,22)23/h3-8H,2,9H2,1H3,(H,24,26). The normalized spacial score (nSPS) is 12.3. The fraction of sp³-hybridized carbons (Fsp3) is 0.235. The molecule has 0 aliphatic heterocycles. The van der Waals surface area contributed by atoms with Crippen LogP contribution in [0.2, 0.25) is 15.1 Å². The van der Waals surface area contributed by atoms with E-state index in [1.807, 2.05) is 0 Å². The van der Waals surface area contributed by atoms with Crippen molar-refractivity contribution in [2.24, 2.45) is 0 Å². The molecule has 2 aromatic rings. The number of hydrogen-bond donors (Lipinski definition) is 1. The summed E-state index contributed by atoms with van der Waals surface area (Å²) >= 11 is 17.5.